The van der Waals surface area contributed by atoms with E-state index >= 15 is 0 Å². The molecular weight excluding hydrogens is 458 g/mol. The van der Waals surface area contributed by atoms with Crippen LogP contribution >= 0.6 is 0 Å². The molecule has 0 aliphatic heterocycles. The van der Waals surface area contributed by atoms with Gasteiger partial charge in [0.2, 0.25) is 6.08 Å². The number of carboxylic acid groups (broad SMARTS) is 1. The van der Waals surface area contributed by atoms with E-state index in [9.17, 15) is 9.59 Å². The molecule has 0 rings (SSSR count). The lowest BCUT2D eigenvalue weighted by atomic mass is 10.0. The lowest BCUT2D eigenvalue weighted by Gasteiger charge is -2.04. The Morgan fingerprint density at radius 1 is 0.405 bits per heavy atom. The quantitative estimate of drug-likeness (QED) is 0.0543. The van der Waals surface area contributed by atoms with Gasteiger partial charge in [-0.05, 0) is 12.8 Å². The maximum Gasteiger partial charge on any atom is 0.303 e. The monoisotopic (exact) mass is 521 g/mol. The Labute approximate surface area is 230 Å². The summed E-state index contributed by atoms with van der Waals surface area (Å²) in [4.78, 5) is 24.0. The molecule has 4 nitrogen and oxygen atoms in total. The number of rotatable bonds is 32. The Hall–Kier alpha value is -1.15. The van der Waals surface area contributed by atoms with Crippen molar-refractivity contribution in [3.8, 4) is 0 Å². The van der Waals surface area contributed by atoms with Crippen molar-refractivity contribution in [2.24, 2.45) is 4.99 Å². The van der Waals surface area contributed by atoms with Crippen LogP contribution in [0.1, 0.15) is 193 Å². The van der Waals surface area contributed by atoms with Crippen molar-refractivity contribution in [1.29, 1.82) is 0 Å². The van der Waals surface area contributed by atoms with Crippen LogP contribution in [0.4, 0.5) is 0 Å². The summed E-state index contributed by atoms with van der Waals surface area (Å²) in [5.41, 5.74) is 0. The van der Waals surface area contributed by atoms with Gasteiger partial charge in [0.15, 0.2) is 0 Å². The fourth-order valence-corrected chi connectivity index (χ4v) is 5.29. The van der Waals surface area contributed by atoms with Crippen LogP contribution in [-0.4, -0.2) is 23.7 Å². The van der Waals surface area contributed by atoms with Gasteiger partial charge in [-0.15, -0.1) is 0 Å². The van der Waals surface area contributed by atoms with Crippen molar-refractivity contribution in [3.63, 3.8) is 0 Å². The molecule has 1 N–H and O–H groups in total. The predicted octanol–water partition coefficient (Wildman–Crippen LogP) is 11.1. The summed E-state index contributed by atoms with van der Waals surface area (Å²) in [5, 5.41) is 8.62. The Morgan fingerprint density at radius 2 is 0.622 bits per heavy atom. The summed E-state index contributed by atoms with van der Waals surface area (Å²) in [7, 11) is 0. The van der Waals surface area contributed by atoms with Crippen molar-refractivity contribution >= 4 is 12.0 Å². The molecule has 0 fully saturated rings. The molecule has 0 atom stereocenters. The van der Waals surface area contributed by atoms with Gasteiger partial charge in [0.05, 0.1) is 6.54 Å². The Bertz CT molecular complexity index is 472. The third-order valence-electron chi connectivity index (χ3n) is 7.73. The molecule has 0 aromatic carbocycles. The molecule has 0 radical (unpaired) electrons. The maximum atomic E-state index is 10.5. The summed E-state index contributed by atoms with van der Waals surface area (Å²) >= 11 is 0. The van der Waals surface area contributed by atoms with E-state index in [1.807, 2.05) is 0 Å². The number of aliphatic carboxylic acids is 1. The van der Waals surface area contributed by atoms with Crippen molar-refractivity contribution in [3.05, 3.63) is 0 Å². The highest BCUT2D eigenvalue weighted by molar-refractivity contribution is 5.66. The zero-order valence-electron chi connectivity index (χ0n) is 24.6. The fourth-order valence-electron chi connectivity index (χ4n) is 5.29. The first kappa shape index (κ1) is 35.9. The van der Waals surface area contributed by atoms with Gasteiger partial charge < -0.3 is 5.11 Å². The Balaban J connectivity index is 3.03. The number of carbonyl (C=O) groups is 1. The third-order valence-corrected chi connectivity index (χ3v) is 7.73. The number of carbonyl (C=O) groups excluding carboxylic acids is 1. The topological polar surface area (TPSA) is 66.7 Å². The summed E-state index contributed by atoms with van der Waals surface area (Å²) < 4.78 is 0. The highest BCUT2D eigenvalue weighted by atomic mass is 16.4. The van der Waals surface area contributed by atoms with Gasteiger partial charge in [0.1, 0.15) is 0 Å². The minimum atomic E-state index is -0.654. The number of hydrogen-bond acceptors (Lipinski definition) is 3. The summed E-state index contributed by atoms with van der Waals surface area (Å²) in [6, 6.07) is 0. The van der Waals surface area contributed by atoms with E-state index in [1.54, 1.807) is 6.08 Å². The molecule has 0 aromatic heterocycles. The molecule has 0 aromatic rings. The number of nitrogens with zero attached hydrogens (tertiary/aromatic N) is 1. The van der Waals surface area contributed by atoms with E-state index in [0.717, 1.165) is 19.3 Å². The van der Waals surface area contributed by atoms with E-state index in [0.29, 0.717) is 13.0 Å². The molecule has 218 valence electrons. The highest BCUT2D eigenvalue weighted by Gasteiger charge is 1.98. The first-order valence-electron chi connectivity index (χ1n) is 16.5. The van der Waals surface area contributed by atoms with Crippen molar-refractivity contribution in [2.45, 2.75) is 193 Å². The molecule has 0 saturated heterocycles. The molecule has 0 aliphatic carbocycles. The molecule has 0 saturated carbocycles. The number of hydrogen-bond donors (Lipinski definition) is 1. The summed E-state index contributed by atoms with van der Waals surface area (Å²) in [5.74, 6) is -0.654. The van der Waals surface area contributed by atoms with E-state index < -0.39 is 5.97 Å². The van der Waals surface area contributed by atoms with Crippen LogP contribution in [0.3, 0.4) is 0 Å². The van der Waals surface area contributed by atoms with Gasteiger partial charge in [0.25, 0.3) is 0 Å². The van der Waals surface area contributed by atoms with Gasteiger partial charge >= 0.3 is 5.97 Å². The maximum absolute atomic E-state index is 10.5. The lowest BCUT2D eigenvalue weighted by Crippen LogP contribution is -1.93. The zero-order valence-corrected chi connectivity index (χ0v) is 24.6. The highest BCUT2D eigenvalue weighted by Crippen LogP contribution is 2.16. The normalized spacial score (nSPS) is 11.0. The molecule has 4 heteroatoms. The Kier molecular flexibility index (Phi) is 31.9. The van der Waals surface area contributed by atoms with Crippen LogP contribution < -0.4 is 0 Å². The second kappa shape index (κ2) is 32.9. The van der Waals surface area contributed by atoms with E-state index in [4.69, 9.17) is 5.11 Å². The average Bonchev–Trinajstić information content (AvgIpc) is 2.89. The van der Waals surface area contributed by atoms with Gasteiger partial charge in [-0.25, -0.2) is 9.79 Å². The van der Waals surface area contributed by atoms with Gasteiger partial charge in [-0.3, -0.25) is 4.79 Å². The van der Waals surface area contributed by atoms with Crippen LogP contribution in [0, 0.1) is 0 Å². The van der Waals surface area contributed by atoms with Crippen LogP contribution in [0.5, 0.6) is 0 Å². The second-order valence-corrected chi connectivity index (χ2v) is 11.4. The van der Waals surface area contributed by atoms with Crippen molar-refractivity contribution in [2.75, 3.05) is 6.54 Å². The van der Waals surface area contributed by atoms with Crippen LogP contribution in [0.2, 0.25) is 0 Å². The van der Waals surface area contributed by atoms with Crippen LogP contribution in [0.25, 0.3) is 0 Å². The first-order valence-corrected chi connectivity index (χ1v) is 16.5. The molecule has 0 amide bonds. The minimum Gasteiger partial charge on any atom is -0.481 e. The average molecular weight is 522 g/mol. The van der Waals surface area contributed by atoms with Crippen LogP contribution in [0.15, 0.2) is 4.99 Å². The fraction of sp³-hybridized carbons (Fsp3) is 0.939. The second-order valence-electron chi connectivity index (χ2n) is 11.4. The van der Waals surface area contributed by atoms with Gasteiger partial charge in [-0.1, -0.05) is 173 Å². The SMILES string of the molecule is O=C=NCCCCCCCCCCCCCCCCCCCCCCCCCCCCCCCC(=O)O. The summed E-state index contributed by atoms with van der Waals surface area (Å²) in [6.45, 7) is 0.661. The smallest absolute Gasteiger partial charge is 0.303 e. The number of isocyanates is 1. The molecule has 0 bridgehead atoms. The molecule has 0 heterocycles. The van der Waals surface area contributed by atoms with Crippen molar-refractivity contribution in [1.82, 2.24) is 0 Å². The number of unbranched alkanes of at least 4 members (excludes halogenated alkanes) is 28. The number of carboxylic acids is 1. The molecule has 0 spiro atoms. The van der Waals surface area contributed by atoms with Gasteiger partial charge in [0, 0.05) is 6.42 Å². The van der Waals surface area contributed by atoms with Crippen LogP contribution in [-0.2, 0) is 9.59 Å². The Morgan fingerprint density at radius 3 is 0.838 bits per heavy atom. The van der Waals surface area contributed by atoms with E-state index in [1.165, 1.54) is 167 Å². The largest absolute Gasteiger partial charge is 0.481 e. The number of aliphatic imine (C=N–C) groups is 1. The third kappa shape index (κ3) is 34.8. The minimum absolute atomic E-state index is 0.340. The molecule has 0 unspecified atom stereocenters. The van der Waals surface area contributed by atoms with E-state index in [-0.39, 0.29) is 0 Å². The lowest BCUT2D eigenvalue weighted by molar-refractivity contribution is -0.137. The van der Waals surface area contributed by atoms with E-state index in [2.05, 4.69) is 4.99 Å². The standard InChI is InChI=1S/C33H63NO3/c35-32-34-31-29-27-25-23-21-19-17-15-13-11-9-7-5-3-1-2-4-6-8-10-12-14-16-18-20-22-24-26-28-30-33(36)37/h1-31H2,(H,36,37). The van der Waals surface area contributed by atoms with Gasteiger partial charge in [-0.2, -0.15) is 0 Å². The molecular formula is C33H63NO3. The molecule has 0 aliphatic rings. The summed E-state index contributed by atoms with van der Waals surface area (Å²) in [6.07, 6.45) is 41.0. The predicted molar refractivity (Wildman–Crippen MR) is 159 cm³/mol. The van der Waals surface area contributed by atoms with Crippen molar-refractivity contribution < 1.29 is 14.7 Å². The zero-order chi connectivity index (χ0) is 26.9. The molecule has 37 heavy (non-hydrogen) atoms. The first-order chi connectivity index (χ1) is 18.3.